The number of nitrogens with zero attached hydrogens (tertiary/aromatic N) is 1. The van der Waals surface area contributed by atoms with Crippen LogP contribution in [0.5, 0.6) is 0 Å². The zero-order valence-corrected chi connectivity index (χ0v) is 11.4. The molecule has 0 aromatic heterocycles. The van der Waals surface area contributed by atoms with Crippen LogP contribution in [0.15, 0.2) is 0 Å². The molecule has 0 spiro atoms. The lowest BCUT2D eigenvalue weighted by Gasteiger charge is -2.34. The fourth-order valence-corrected chi connectivity index (χ4v) is 2.56. The van der Waals surface area contributed by atoms with E-state index in [1.165, 1.54) is 0 Å². The standard InChI is InChI=1S/C13H25N3O2/c1-9(2)6-11(14)13(18)16-5-3-4-10(8-16)7-12(15)17/h9-11H,3-8,14H2,1-2H3,(H2,15,17)/t10?,11-/m0/s1. The van der Waals surface area contributed by atoms with E-state index in [2.05, 4.69) is 13.8 Å². The van der Waals surface area contributed by atoms with E-state index < -0.39 is 6.04 Å². The molecule has 0 aromatic carbocycles. The molecule has 0 aromatic rings. The van der Waals surface area contributed by atoms with Crippen molar-refractivity contribution in [2.45, 2.75) is 45.6 Å². The Kier molecular flexibility index (Phi) is 5.59. The number of amides is 2. The summed E-state index contributed by atoms with van der Waals surface area (Å²) >= 11 is 0. The first-order valence-corrected chi connectivity index (χ1v) is 6.72. The van der Waals surface area contributed by atoms with E-state index in [1.807, 2.05) is 0 Å². The van der Waals surface area contributed by atoms with E-state index in [0.717, 1.165) is 19.4 Å². The molecule has 2 atom stereocenters. The van der Waals surface area contributed by atoms with E-state index in [-0.39, 0.29) is 17.7 Å². The minimum Gasteiger partial charge on any atom is -0.370 e. The van der Waals surface area contributed by atoms with Crippen molar-refractivity contribution in [1.29, 1.82) is 0 Å². The summed E-state index contributed by atoms with van der Waals surface area (Å²) in [4.78, 5) is 24.9. The normalized spacial score (nSPS) is 22.0. The van der Waals surface area contributed by atoms with Crippen LogP contribution in [0, 0.1) is 11.8 Å². The Morgan fingerprint density at radius 2 is 2.06 bits per heavy atom. The Hall–Kier alpha value is -1.10. The Labute approximate surface area is 109 Å². The molecule has 1 fully saturated rings. The van der Waals surface area contributed by atoms with Gasteiger partial charge in [-0.15, -0.1) is 0 Å². The van der Waals surface area contributed by atoms with Crippen molar-refractivity contribution < 1.29 is 9.59 Å². The van der Waals surface area contributed by atoms with Crippen molar-refractivity contribution in [3.8, 4) is 0 Å². The van der Waals surface area contributed by atoms with E-state index in [0.29, 0.717) is 25.3 Å². The first kappa shape index (κ1) is 15.0. The first-order chi connectivity index (χ1) is 8.40. The second-order valence-electron chi connectivity index (χ2n) is 5.70. The van der Waals surface area contributed by atoms with Gasteiger partial charge in [0.15, 0.2) is 0 Å². The maximum atomic E-state index is 12.1. The molecule has 5 heteroatoms. The number of hydrogen-bond donors (Lipinski definition) is 2. The minimum atomic E-state index is -0.419. The molecule has 104 valence electrons. The summed E-state index contributed by atoms with van der Waals surface area (Å²) in [5.41, 5.74) is 11.1. The summed E-state index contributed by atoms with van der Waals surface area (Å²) in [6.07, 6.45) is 2.96. The minimum absolute atomic E-state index is 0.0119. The lowest BCUT2D eigenvalue weighted by atomic mass is 9.93. The summed E-state index contributed by atoms with van der Waals surface area (Å²) in [5, 5.41) is 0. The van der Waals surface area contributed by atoms with Gasteiger partial charge in [-0.2, -0.15) is 0 Å². The molecule has 0 bridgehead atoms. The number of nitrogens with two attached hydrogens (primary N) is 2. The Bertz CT molecular complexity index is 305. The summed E-state index contributed by atoms with van der Waals surface area (Å²) in [6, 6.07) is -0.419. The van der Waals surface area contributed by atoms with Gasteiger partial charge >= 0.3 is 0 Å². The topological polar surface area (TPSA) is 89.4 Å². The molecule has 0 radical (unpaired) electrons. The predicted molar refractivity (Wildman–Crippen MR) is 70.5 cm³/mol. The number of rotatable bonds is 5. The zero-order chi connectivity index (χ0) is 13.7. The van der Waals surface area contributed by atoms with Gasteiger partial charge in [0.2, 0.25) is 11.8 Å². The Morgan fingerprint density at radius 3 is 2.61 bits per heavy atom. The van der Waals surface area contributed by atoms with Crippen LogP contribution in [0.25, 0.3) is 0 Å². The van der Waals surface area contributed by atoms with E-state index in [1.54, 1.807) is 4.90 Å². The van der Waals surface area contributed by atoms with Crippen LogP contribution in [0.4, 0.5) is 0 Å². The quantitative estimate of drug-likeness (QED) is 0.748. The van der Waals surface area contributed by atoms with E-state index in [9.17, 15) is 9.59 Å². The highest BCUT2D eigenvalue weighted by molar-refractivity contribution is 5.82. The van der Waals surface area contributed by atoms with Crippen molar-refractivity contribution in [3.05, 3.63) is 0 Å². The Balaban J connectivity index is 2.49. The van der Waals surface area contributed by atoms with Gasteiger partial charge in [-0.25, -0.2) is 0 Å². The summed E-state index contributed by atoms with van der Waals surface area (Å²) in [5.74, 6) is 0.334. The number of hydrogen-bond acceptors (Lipinski definition) is 3. The van der Waals surface area contributed by atoms with Crippen LogP contribution >= 0.6 is 0 Å². The SMILES string of the molecule is CC(C)C[C@H](N)C(=O)N1CCCC(CC(N)=O)C1. The van der Waals surface area contributed by atoms with Crippen LogP contribution in [-0.2, 0) is 9.59 Å². The second-order valence-corrected chi connectivity index (χ2v) is 5.70. The van der Waals surface area contributed by atoms with Crippen LogP contribution in [0.3, 0.4) is 0 Å². The van der Waals surface area contributed by atoms with Gasteiger partial charge in [-0.3, -0.25) is 9.59 Å². The van der Waals surface area contributed by atoms with Gasteiger partial charge in [0, 0.05) is 19.5 Å². The van der Waals surface area contributed by atoms with Crippen LogP contribution in [-0.4, -0.2) is 35.8 Å². The molecule has 4 N–H and O–H groups in total. The molecule has 1 aliphatic rings. The molecule has 0 aliphatic carbocycles. The van der Waals surface area contributed by atoms with Crippen molar-refractivity contribution in [3.63, 3.8) is 0 Å². The molecule has 5 nitrogen and oxygen atoms in total. The number of piperidine rings is 1. The predicted octanol–water partition coefficient (Wildman–Crippen LogP) is 0.474. The van der Waals surface area contributed by atoms with Crippen molar-refractivity contribution in [2.24, 2.45) is 23.3 Å². The lowest BCUT2D eigenvalue weighted by Crippen LogP contribution is -2.48. The van der Waals surface area contributed by atoms with Gasteiger partial charge < -0.3 is 16.4 Å². The fourth-order valence-electron chi connectivity index (χ4n) is 2.56. The first-order valence-electron chi connectivity index (χ1n) is 6.72. The highest BCUT2D eigenvalue weighted by Crippen LogP contribution is 2.20. The molecular formula is C13H25N3O2. The molecule has 18 heavy (non-hydrogen) atoms. The number of likely N-dealkylation sites (tertiary alicyclic amines) is 1. The lowest BCUT2D eigenvalue weighted by molar-refractivity contribution is -0.135. The van der Waals surface area contributed by atoms with E-state index >= 15 is 0 Å². The number of primary amides is 1. The van der Waals surface area contributed by atoms with Crippen molar-refractivity contribution in [1.82, 2.24) is 4.90 Å². The van der Waals surface area contributed by atoms with Crippen molar-refractivity contribution >= 4 is 11.8 Å². The Morgan fingerprint density at radius 1 is 1.39 bits per heavy atom. The number of carbonyl (C=O) groups is 2. The van der Waals surface area contributed by atoms with Gasteiger partial charge in [-0.1, -0.05) is 13.8 Å². The largest absolute Gasteiger partial charge is 0.370 e. The molecule has 1 saturated heterocycles. The van der Waals surface area contributed by atoms with Crippen LogP contribution in [0.1, 0.15) is 39.5 Å². The summed E-state index contributed by atoms with van der Waals surface area (Å²) in [6.45, 7) is 5.48. The average Bonchev–Trinajstić information content (AvgIpc) is 2.26. The molecule has 1 unspecified atom stereocenters. The maximum Gasteiger partial charge on any atom is 0.239 e. The molecular weight excluding hydrogens is 230 g/mol. The number of carbonyl (C=O) groups excluding carboxylic acids is 2. The van der Waals surface area contributed by atoms with Gasteiger partial charge in [0.25, 0.3) is 0 Å². The third kappa shape index (κ3) is 4.64. The average molecular weight is 255 g/mol. The molecule has 1 aliphatic heterocycles. The molecule has 0 saturated carbocycles. The molecule has 2 amide bonds. The maximum absolute atomic E-state index is 12.1. The summed E-state index contributed by atoms with van der Waals surface area (Å²) in [7, 11) is 0. The second kappa shape index (κ2) is 6.73. The zero-order valence-electron chi connectivity index (χ0n) is 11.4. The third-order valence-electron chi connectivity index (χ3n) is 3.36. The smallest absolute Gasteiger partial charge is 0.239 e. The molecule has 1 rings (SSSR count). The third-order valence-corrected chi connectivity index (χ3v) is 3.36. The molecule has 1 heterocycles. The van der Waals surface area contributed by atoms with E-state index in [4.69, 9.17) is 11.5 Å². The monoisotopic (exact) mass is 255 g/mol. The summed E-state index contributed by atoms with van der Waals surface area (Å²) < 4.78 is 0. The van der Waals surface area contributed by atoms with Crippen LogP contribution < -0.4 is 11.5 Å². The highest BCUT2D eigenvalue weighted by Gasteiger charge is 2.27. The van der Waals surface area contributed by atoms with Gasteiger partial charge in [0.05, 0.1) is 6.04 Å². The fraction of sp³-hybridized carbons (Fsp3) is 0.846. The van der Waals surface area contributed by atoms with Crippen LogP contribution in [0.2, 0.25) is 0 Å². The highest BCUT2D eigenvalue weighted by atomic mass is 16.2. The van der Waals surface area contributed by atoms with Gasteiger partial charge in [-0.05, 0) is 31.1 Å². The van der Waals surface area contributed by atoms with Gasteiger partial charge in [0.1, 0.15) is 0 Å². The van der Waals surface area contributed by atoms with Crippen molar-refractivity contribution in [2.75, 3.05) is 13.1 Å².